The predicted molar refractivity (Wildman–Crippen MR) is 86.4 cm³/mol. The first-order valence-electron chi connectivity index (χ1n) is 8.51. The molecular formula is C17H34N2O2. The van der Waals surface area contributed by atoms with Crippen LogP contribution >= 0.6 is 0 Å². The number of likely N-dealkylation sites (tertiary alicyclic amines) is 1. The normalized spacial score (nSPS) is 37.0. The Labute approximate surface area is 130 Å². The van der Waals surface area contributed by atoms with Gasteiger partial charge in [-0.3, -0.25) is 0 Å². The molecule has 4 nitrogen and oxygen atoms in total. The van der Waals surface area contributed by atoms with Gasteiger partial charge in [0.2, 0.25) is 0 Å². The van der Waals surface area contributed by atoms with Gasteiger partial charge in [-0.25, -0.2) is 0 Å². The Morgan fingerprint density at radius 2 is 1.95 bits per heavy atom. The van der Waals surface area contributed by atoms with Gasteiger partial charge in [-0.15, -0.1) is 0 Å². The highest BCUT2D eigenvalue weighted by molar-refractivity contribution is 5.06. The molecule has 0 amide bonds. The molecule has 124 valence electrons. The number of nitrogens with zero attached hydrogens (tertiary/aromatic N) is 1. The highest BCUT2D eigenvalue weighted by atomic mass is 16.5. The summed E-state index contributed by atoms with van der Waals surface area (Å²) < 4.78 is 6.36. The first kappa shape index (κ1) is 17.2. The zero-order chi connectivity index (χ0) is 15.8. The maximum Gasteiger partial charge on any atom is 0.0790 e. The molecule has 0 aromatic carbocycles. The minimum absolute atomic E-state index is 0.112. The Morgan fingerprint density at radius 1 is 1.29 bits per heavy atom. The zero-order valence-electron chi connectivity index (χ0n) is 14.6. The molecule has 2 N–H and O–H groups in total. The van der Waals surface area contributed by atoms with Crippen molar-refractivity contribution in [3.63, 3.8) is 0 Å². The largest absolute Gasteiger partial charge is 0.393 e. The first-order valence-corrected chi connectivity index (χ1v) is 8.51. The fourth-order valence-electron chi connectivity index (χ4n) is 4.34. The van der Waals surface area contributed by atoms with E-state index < -0.39 is 0 Å². The molecule has 0 aliphatic carbocycles. The minimum atomic E-state index is -0.191. The van der Waals surface area contributed by atoms with Gasteiger partial charge in [-0.2, -0.15) is 0 Å². The zero-order valence-corrected chi connectivity index (χ0v) is 14.6. The number of aliphatic hydroxyl groups excluding tert-OH is 1. The van der Waals surface area contributed by atoms with Gasteiger partial charge in [0.15, 0.2) is 0 Å². The van der Waals surface area contributed by atoms with Crippen molar-refractivity contribution in [2.75, 3.05) is 26.2 Å². The summed E-state index contributed by atoms with van der Waals surface area (Å²) >= 11 is 0. The van der Waals surface area contributed by atoms with Crippen molar-refractivity contribution in [3.05, 3.63) is 0 Å². The summed E-state index contributed by atoms with van der Waals surface area (Å²) in [6.07, 6.45) is 0.921. The molecule has 2 saturated heterocycles. The van der Waals surface area contributed by atoms with Crippen LogP contribution in [0.15, 0.2) is 0 Å². The molecule has 4 atom stereocenters. The number of hydrogen-bond donors (Lipinski definition) is 2. The molecule has 0 bridgehead atoms. The van der Waals surface area contributed by atoms with Crippen LogP contribution in [0.2, 0.25) is 0 Å². The lowest BCUT2D eigenvalue weighted by atomic mass is 9.82. The molecule has 2 aliphatic heterocycles. The predicted octanol–water partition coefficient (Wildman–Crippen LogP) is 1.87. The summed E-state index contributed by atoms with van der Waals surface area (Å²) in [5, 5.41) is 13.4. The van der Waals surface area contributed by atoms with Crippen LogP contribution in [0.1, 0.15) is 48.0 Å². The Balaban J connectivity index is 2.06. The number of nitrogens with one attached hydrogen (secondary N) is 1. The molecule has 0 spiro atoms. The lowest BCUT2D eigenvalue weighted by Crippen LogP contribution is -2.50. The summed E-state index contributed by atoms with van der Waals surface area (Å²) in [5.74, 6) is 0.904. The summed E-state index contributed by atoms with van der Waals surface area (Å²) in [4.78, 5) is 2.51. The van der Waals surface area contributed by atoms with Gasteiger partial charge in [0.05, 0.1) is 17.3 Å². The molecule has 0 aromatic rings. The monoisotopic (exact) mass is 298 g/mol. The molecule has 4 unspecified atom stereocenters. The third-order valence-corrected chi connectivity index (χ3v) is 5.44. The second kappa shape index (κ2) is 6.15. The Kier molecular flexibility index (Phi) is 5.04. The second-order valence-electron chi connectivity index (χ2n) is 8.00. The second-order valence-corrected chi connectivity index (χ2v) is 8.00. The number of aliphatic hydroxyl groups is 1. The average Bonchev–Trinajstić information content (AvgIpc) is 2.86. The van der Waals surface area contributed by atoms with Crippen LogP contribution in [-0.2, 0) is 4.74 Å². The summed E-state index contributed by atoms with van der Waals surface area (Å²) in [6.45, 7) is 17.1. The van der Waals surface area contributed by atoms with Crippen LogP contribution in [0.25, 0.3) is 0 Å². The van der Waals surface area contributed by atoms with Gasteiger partial charge in [-0.05, 0) is 60.0 Å². The molecule has 2 rings (SSSR count). The van der Waals surface area contributed by atoms with Gasteiger partial charge >= 0.3 is 0 Å². The summed E-state index contributed by atoms with van der Waals surface area (Å²) in [6, 6.07) is 0.378. The van der Waals surface area contributed by atoms with E-state index in [0.29, 0.717) is 17.9 Å². The Morgan fingerprint density at radius 3 is 2.48 bits per heavy atom. The third-order valence-electron chi connectivity index (χ3n) is 5.44. The Bertz CT molecular complexity index is 355. The van der Waals surface area contributed by atoms with E-state index in [1.807, 2.05) is 6.92 Å². The van der Waals surface area contributed by atoms with Crippen molar-refractivity contribution in [2.45, 2.75) is 71.3 Å². The van der Waals surface area contributed by atoms with Crippen molar-refractivity contribution in [1.29, 1.82) is 0 Å². The highest BCUT2D eigenvalue weighted by Gasteiger charge is 2.53. The van der Waals surface area contributed by atoms with Crippen LogP contribution in [0.4, 0.5) is 0 Å². The lowest BCUT2D eigenvalue weighted by molar-refractivity contribution is -0.0793. The highest BCUT2D eigenvalue weighted by Crippen LogP contribution is 2.43. The van der Waals surface area contributed by atoms with Crippen LogP contribution in [0, 0.1) is 11.8 Å². The molecule has 0 aromatic heterocycles. The molecule has 2 aliphatic rings. The third kappa shape index (κ3) is 3.61. The average molecular weight is 298 g/mol. The maximum atomic E-state index is 9.79. The van der Waals surface area contributed by atoms with E-state index in [4.69, 9.17) is 4.74 Å². The van der Waals surface area contributed by atoms with E-state index in [9.17, 15) is 5.11 Å². The van der Waals surface area contributed by atoms with Crippen LogP contribution in [0.3, 0.4) is 0 Å². The van der Waals surface area contributed by atoms with Gasteiger partial charge in [-0.1, -0.05) is 6.92 Å². The quantitative estimate of drug-likeness (QED) is 0.813. The van der Waals surface area contributed by atoms with Gasteiger partial charge < -0.3 is 20.1 Å². The van der Waals surface area contributed by atoms with E-state index in [0.717, 1.165) is 32.6 Å². The maximum absolute atomic E-state index is 9.79. The number of hydrogen-bond acceptors (Lipinski definition) is 4. The van der Waals surface area contributed by atoms with E-state index in [1.54, 1.807) is 0 Å². The molecule has 0 saturated carbocycles. The molecule has 2 fully saturated rings. The van der Waals surface area contributed by atoms with Crippen LogP contribution in [0.5, 0.6) is 0 Å². The fourth-order valence-corrected chi connectivity index (χ4v) is 4.34. The SMILES string of the molecule is CCNC1C(CN2CCC(C(C)O)C2)C(C)(C)OC1(C)C. The van der Waals surface area contributed by atoms with Gasteiger partial charge in [0, 0.05) is 25.0 Å². The molecule has 4 heteroatoms. The Hall–Kier alpha value is -0.160. The standard InChI is InChI=1S/C17H34N2O2/c1-7-18-15-14(16(3,4)21-17(15,5)6)11-19-9-8-13(10-19)12(2)20/h12-15,18,20H,7-11H2,1-6H3. The van der Waals surface area contributed by atoms with Crippen molar-refractivity contribution in [2.24, 2.45) is 11.8 Å². The van der Waals surface area contributed by atoms with E-state index in [-0.39, 0.29) is 17.3 Å². The van der Waals surface area contributed by atoms with E-state index in [2.05, 4.69) is 44.8 Å². The van der Waals surface area contributed by atoms with Crippen molar-refractivity contribution >= 4 is 0 Å². The van der Waals surface area contributed by atoms with E-state index in [1.165, 1.54) is 0 Å². The van der Waals surface area contributed by atoms with Crippen molar-refractivity contribution < 1.29 is 9.84 Å². The topological polar surface area (TPSA) is 44.7 Å². The summed E-state index contributed by atoms with van der Waals surface area (Å²) in [5.41, 5.74) is -0.243. The number of rotatable bonds is 5. The molecule has 2 heterocycles. The first-order chi connectivity index (χ1) is 9.67. The molecular weight excluding hydrogens is 264 g/mol. The van der Waals surface area contributed by atoms with Crippen molar-refractivity contribution in [3.8, 4) is 0 Å². The number of ether oxygens (including phenoxy) is 1. The minimum Gasteiger partial charge on any atom is -0.393 e. The van der Waals surface area contributed by atoms with E-state index >= 15 is 0 Å². The summed E-state index contributed by atoms with van der Waals surface area (Å²) in [7, 11) is 0. The van der Waals surface area contributed by atoms with Crippen LogP contribution < -0.4 is 5.32 Å². The molecule has 21 heavy (non-hydrogen) atoms. The van der Waals surface area contributed by atoms with Crippen molar-refractivity contribution in [1.82, 2.24) is 10.2 Å². The smallest absolute Gasteiger partial charge is 0.0790 e. The van der Waals surface area contributed by atoms with Gasteiger partial charge in [0.1, 0.15) is 0 Å². The van der Waals surface area contributed by atoms with Crippen LogP contribution in [-0.4, -0.2) is 59.5 Å². The molecule has 0 radical (unpaired) electrons. The number of likely N-dealkylation sites (N-methyl/N-ethyl adjacent to an activating group) is 1. The lowest BCUT2D eigenvalue weighted by Gasteiger charge is -2.33. The van der Waals surface area contributed by atoms with Gasteiger partial charge in [0.25, 0.3) is 0 Å². The fraction of sp³-hybridized carbons (Fsp3) is 1.00.